The lowest BCUT2D eigenvalue weighted by atomic mass is 10.1. The fourth-order valence-corrected chi connectivity index (χ4v) is 1.62. The van der Waals surface area contributed by atoms with E-state index in [1.54, 1.807) is 36.7 Å². The topological polar surface area (TPSA) is 50.3 Å². The van der Waals surface area contributed by atoms with Crippen molar-refractivity contribution < 1.29 is 9.59 Å². The first kappa shape index (κ1) is 12.0. The Bertz CT molecular complexity index is 505. The summed E-state index contributed by atoms with van der Waals surface area (Å²) in [4.78, 5) is 27.5. The van der Waals surface area contributed by atoms with E-state index in [4.69, 9.17) is 0 Å². The average Bonchev–Trinajstić information content (AvgIpc) is 2.67. The van der Waals surface area contributed by atoms with Crippen LogP contribution >= 0.6 is 0 Å². The molecule has 0 atom stereocenters. The summed E-state index contributed by atoms with van der Waals surface area (Å²) in [5.41, 5.74) is 1.01. The number of benzene rings is 1. The molecule has 18 heavy (non-hydrogen) atoms. The van der Waals surface area contributed by atoms with Gasteiger partial charge in [0.15, 0.2) is 0 Å². The maximum Gasteiger partial charge on any atom is 0.261 e. The normalized spacial score (nSPS) is 12.8. The molecule has 0 N–H and O–H groups in total. The Labute approximate surface area is 105 Å². The Morgan fingerprint density at radius 1 is 0.833 bits per heavy atom. The molecule has 1 aliphatic heterocycles. The second kappa shape index (κ2) is 5.23. The van der Waals surface area contributed by atoms with Crippen LogP contribution in [0.4, 0.5) is 0 Å². The molecule has 0 fully saturated rings. The van der Waals surface area contributed by atoms with Gasteiger partial charge >= 0.3 is 0 Å². The molecule has 2 amide bonds. The van der Waals surface area contributed by atoms with E-state index >= 15 is 0 Å². The van der Waals surface area contributed by atoms with Crippen LogP contribution in [0.5, 0.6) is 0 Å². The predicted octanol–water partition coefficient (Wildman–Crippen LogP) is 1.99. The van der Waals surface area contributed by atoms with Crippen LogP contribution in [-0.4, -0.2) is 28.7 Å². The molecule has 90 valence electrons. The minimum Gasteiger partial charge on any atom is -0.277 e. The number of hydrogen-bond acceptors (Lipinski definition) is 3. The van der Waals surface area contributed by atoms with Crippen LogP contribution in [0, 0.1) is 0 Å². The van der Waals surface area contributed by atoms with E-state index < -0.39 is 0 Å². The highest BCUT2D eigenvalue weighted by molar-refractivity contribution is 6.21. The van der Waals surface area contributed by atoms with Crippen molar-refractivity contribution in [2.24, 2.45) is 0 Å². The standard InChI is InChI=1S/C9H7NO2.C5H5N/c1-10-8(11)6-4-2-3-5-7(6)9(10)12;1-2-4-6-5-3-1/h2-5H,1H3;1-5H. The number of amides is 2. The minimum atomic E-state index is -0.212. The molecule has 4 nitrogen and oxygen atoms in total. The summed E-state index contributed by atoms with van der Waals surface area (Å²) < 4.78 is 0. The highest BCUT2D eigenvalue weighted by Crippen LogP contribution is 2.20. The van der Waals surface area contributed by atoms with Gasteiger partial charge in [-0.3, -0.25) is 19.5 Å². The van der Waals surface area contributed by atoms with Gasteiger partial charge in [0.05, 0.1) is 11.1 Å². The second-order valence-electron chi connectivity index (χ2n) is 3.74. The van der Waals surface area contributed by atoms with Gasteiger partial charge in [-0.2, -0.15) is 0 Å². The Morgan fingerprint density at radius 2 is 1.33 bits per heavy atom. The van der Waals surface area contributed by atoms with E-state index in [9.17, 15) is 9.59 Å². The molecule has 0 saturated carbocycles. The molecular weight excluding hydrogens is 228 g/mol. The molecule has 0 aliphatic carbocycles. The maximum absolute atomic E-state index is 11.3. The van der Waals surface area contributed by atoms with Gasteiger partial charge in [-0.1, -0.05) is 18.2 Å². The van der Waals surface area contributed by atoms with Gasteiger partial charge in [0.25, 0.3) is 11.8 Å². The third kappa shape index (κ3) is 2.27. The second-order valence-corrected chi connectivity index (χ2v) is 3.74. The summed E-state index contributed by atoms with van der Waals surface area (Å²) in [5.74, 6) is -0.425. The molecule has 3 rings (SSSR count). The van der Waals surface area contributed by atoms with Crippen molar-refractivity contribution in [2.45, 2.75) is 0 Å². The lowest BCUT2D eigenvalue weighted by Gasteiger charge is -2.02. The van der Waals surface area contributed by atoms with E-state index in [0.29, 0.717) is 11.1 Å². The first-order valence-electron chi connectivity index (χ1n) is 5.48. The molecule has 0 bridgehead atoms. The van der Waals surface area contributed by atoms with E-state index in [1.807, 2.05) is 18.2 Å². The SMILES string of the molecule is CN1C(=O)c2ccccc2C1=O.c1ccncc1. The van der Waals surface area contributed by atoms with Gasteiger partial charge in [0.1, 0.15) is 0 Å². The number of hydrogen-bond donors (Lipinski definition) is 0. The number of nitrogens with zero attached hydrogens (tertiary/aromatic N) is 2. The van der Waals surface area contributed by atoms with Crippen LogP contribution < -0.4 is 0 Å². The molecule has 1 aromatic heterocycles. The van der Waals surface area contributed by atoms with Crippen molar-refractivity contribution in [2.75, 3.05) is 7.05 Å². The van der Waals surface area contributed by atoms with Crippen LogP contribution in [0.2, 0.25) is 0 Å². The zero-order valence-electron chi connectivity index (χ0n) is 9.91. The first-order valence-corrected chi connectivity index (χ1v) is 5.48. The molecule has 2 aromatic rings. The molecule has 0 spiro atoms. The predicted molar refractivity (Wildman–Crippen MR) is 67.1 cm³/mol. The zero-order valence-corrected chi connectivity index (χ0v) is 9.91. The lowest BCUT2D eigenvalue weighted by molar-refractivity contribution is 0.0693. The van der Waals surface area contributed by atoms with Crippen LogP contribution in [0.1, 0.15) is 20.7 Å². The largest absolute Gasteiger partial charge is 0.277 e. The first-order chi connectivity index (χ1) is 8.72. The summed E-state index contributed by atoms with van der Waals surface area (Å²) in [6.45, 7) is 0. The number of carbonyl (C=O) groups is 2. The van der Waals surface area contributed by atoms with E-state index in [0.717, 1.165) is 4.90 Å². The fraction of sp³-hybridized carbons (Fsp3) is 0.0714. The van der Waals surface area contributed by atoms with Gasteiger partial charge in [-0.05, 0) is 24.3 Å². The summed E-state index contributed by atoms with van der Waals surface area (Å²) in [6, 6.07) is 12.6. The monoisotopic (exact) mass is 240 g/mol. The van der Waals surface area contributed by atoms with E-state index in [-0.39, 0.29) is 11.8 Å². The fourth-order valence-electron chi connectivity index (χ4n) is 1.62. The van der Waals surface area contributed by atoms with E-state index in [1.165, 1.54) is 7.05 Å². The van der Waals surface area contributed by atoms with Gasteiger partial charge in [-0.25, -0.2) is 0 Å². The van der Waals surface area contributed by atoms with Gasteiger partial charge < -0.3 is 0 Å². The van der Waals surface area contributed by atoms with Crippen molar-refractivity contribution in [3.63, 3.8) is 0 Å². The van der Waals surface area contributed by atoms with Gasteiger partial charge in [-0.15, -0.1) is 0 Å². The van der Waals surface area contributed by atoms with Crippen LogP contribution in [0.15, 0.2) is 54.9 Å². The molecule has 1 aliphatic rings. The number of fused-ring (bicyclic) bond motifs is 1. The van der Waals surface area contributed by atoms with E-state index in [2.05, 4.69) is 4.98 Å². The Kier molecular flexibility index (Phi) is 3.48. The Morgan fingerprint density at radius 3 is 1.67 bits per heavy atom. The van der Waals surface area contributed by atoms with Crippen LogP contribution in [-0.2, 0) is 0 Å². The van der Waals surface area contributed by atoms with Crippen molar-refractivity contribution in [1.82, 2.24) is 9.88 Å². The molecule has 1 aromatic carbocycles. The average molecular weight is 240 g/mol. The highest BCUT2D eigenvalue weighted by atomic mass is 16.2. The smallest absolute Gasteiger partial charge is 0.261 e. The lowest BCUT2D eigenvalue weighted by Crippen LogP contribution is -2.24. The number of aromatic nitrogens is 1. The van der Waals surface area contributed by atoms with Crippen molar-refractivity contribution in [3.8, 4) is 0 Å². The molecule has 2 heterocycles. The van der Waals surface area contributed by atoms with Crippen LogP contribution in [0.25, 0.3) is 0 Å². The highest BCUT2D eigenvalue weighted by Gasteiger charge is 2.31. The van der Waals surface area contributed by atoms with Crippen molar-refractivity contribution >= 4 is 11.8 Å². The number of carbonyl (C=O) groups excluding carboxylic acids is 2. The Balaban J connectivity index is 0.000000169. The zero-order chi connectivity index (χ0) is 13.0. The summed E-state index contributed by atoms with van der Waals surface area (Å²) in [7, 11) is 1.49. The third-order valence-corrected chi connectivity index (χ3v) is 2.56. The van der Waals surface area contributed by atoms with Crippen molar-refractivity contribution in [3.05, 3.63) is 66.0 Å². The molecule has 4 heteroatoms. The number of imide groups is 1. The molecule has 0 unspecified atom stereocenters. The van der Waals surface area contributed by atoms with Crippen LogP contribution in [0.3, 0.4) is 0 Å². The molecular formula is C14H12N2O2. The van der Waals surface area contributed by atoms with Gasteiger partial charge in [0.2, 0.25) is 0 Å². The Hall–Kier alpha value is -2.49. The summed E-state index contributed by atoms with van der Waals surface area (Å²) in [5, 5.41) is 0. The molecule has 0 saturated heterocycles. The minimum absolute atomic E-state index is 0.212. The van der Waals surface area contributed by atoms with Gasteiger partial charge in [0, 0.05) is 19.4 Å². The quantitative estimate of drug-likeness (QED) is 0.662. The maximum atomic E-state index is 11.3. The number of pyridine rings is 1. The summed E-state index contributed by atoms with van der Waals surface area (Å²) >= 11 is 0. The third-order valence-electron chi connectivity index (χ3n) is 2.56. The number of rotatable bonds is 0. The molecule has 0 radical (unpaired) electrons. The summed E-state index contributed by atoms with van der Waals surface area (Å²) in [6.07, 6.45) is 3.50. The van der Waals surface area contributed by atoms with Crippen molar-refractivity contribution in [1.29, 1.82) is 0 Å².